The molecule has 112 valence electrons. The molecule has 1 rings (SSSR count). The number of benzene rings is 1. The second-order valence-corrected chi connectivity index (χ2v) is 5.21. The first-order valence-corrected chi connectivity index (χ1v) is 6.82. The minimum absolute atomic E-state index is 0.290. The lowest BCUT2D eigenvalue weighted by atomic mass is 9.98. The summed E-state index contributed by atoms with van der Waals surface area (Å²) in [6.45, 7) is 0.747. The lowest BCUT2D eigenvalue weighted by Crippen LogP contribution is -2.54. The summed E-state index contributed by atoms with van der Waals surface area (Å²) in [5.41, 5.74) is -1.04. The van der Waals surface area contributed by atoms with Crippen LogP contribution in [0.5, 0.6) is 5.75 Å². The Balaban J connectivity index is 2.61. The number of aliphatic hydroxyl groups is 2. The highest BCUT2D eigenvalue weighted by molar-refractivity contribution is 6.34. The number of ether oxygens (including phenoxy) is 1. The number of nitrogens with one attached hydrogen (secondary N) is 1. The van der Waals surface area contributed by atoms with Gasteiger partial charge in [0.25, 0.3) is 5.91 Å². The molecule has 0 saturated carbocycles. The summed E-state index contributed by atoms with van der Waals surface area (Å²) in [6, 6.07) is 4.67. The first kappa shape index (κ1) is 17.0. The second-order valence-electron chi connectivity index (χ2n) is 4.36. The minimum atomic E-state index is -1.04. The molecule has 1 aromatic carbocycles. The van der Waals surface area contributed by atoms with Crippen LogP contribution in [0, 0.1) is 0 Å². The van der Waals surface area contributed by atoms with Crippen LogP contribution in [0.3, 0.4) is 0 Å². The van der Waals surface area contributed by atoms with Crippen LogP contribution in [0.2, 0.25) is 10.0 Å². The Morgan fingerprint density at radius 3 is 2.55 bits per heavy atom. The molecular formula is C13H17Cl2NO4. The third-order valence-corrected chi connectivity index (χ3v) is 3.49. The molecule has 0 spiro atoms. The molecule has 20 heavy (non-hydrogen) atoms. The van der Waals surface area contributed by atoms with Gasteiger partial charge >= 0.3 is 0 Å². The number of rotatable bonds is 7. The smallest absolute Gasteiger partial charge is 0.258 e. The number of halogens is 2. The number of amides is 1. The molecule has 7 heteroatoms. The van der Waals surface area contributed by atoms with E-state index in [2.05, 4.69) is 5.32 Å². The quantitative estimate of drug-likeness (QED) is 0.713. The molecule has 0 fully saturated rings. The molecule has 0 unspecified atom stereocenters. The normalized spacial score (nSPS) is 11.2. The average molecular weight is 322 g/mol. The maximum atomic E-state index is 11.8. The van der Waals surface area contributed by atoms with E-state index in [1.807, 2.05) is 0 Å². The van der Waals surface area contributed by atoms with E-state index in [0.29, 0.717) is 22.2 Å². The fourth-order valence-corrected chi connectivity index (χ4v) is 1.84. The second kappa shape index (κ2) is 7.69. The summed E-state index contributed by atoms with van der Waals surface area (Å²) in [4.78, 5) is 11.8. The van der Waals surface area contributed by atoms with Crippen LogP contribution in [0.25, 0.3) is 0 Å². The van der Waals surface area contributed by atoms with Gasteiger partial charge in [0.1, 0.15) is 5.75 Å². The highest BCUT2D eigenvalue weighted by atomic mass is 35.5. The maximum Gasteiger partial charge on any atom is 0.258 e. The van der Waals surface area contributed by atoms with Crippen molar-refractivity contribution in [2.75, 3.05) is 19.8 Å². The van der Waals surface area contributed by atoms with Gasteiger partial charge in [-0.25, -0.2) is 0 Å². The maximum absolute atomic E-state index is 11.8. The molecule has 0 radical (unpaired) electrons. The fraction of sp³-hybridized carbons (Fsp3) is 0.462. The molecule has 0 heterocycles. The van der Waals surface area contributed by atoms with Crippen molar-refractivity contribution in [3.8, 4) is 5.75 Å². The molecule has 0 saturated heterocycles. The minimum Gasteiger partial charge on any atom is -0.482 e. The molecule has 1 amide bonds. The van der Waals surface area contributed by atoms with E-state index in [4.69, 9.17) is 27.9 Å². The van der Waals surface area contributed by atoms with Gasteiger partial charge in [-0.15, -0.1) is 0 Å². The lowest BCUT2D eigenvalue weighted by Gasteiger charge is -2.29. The van der Waals surface area contributed by atoms with E-state index >= 15 is 0 Å². The van der Waals surface area contributed by atoms with Gasteiger partial charge in [-0.1, -0.05) is 30.1 Å². The van der Waals surface area contributed by atoms with Gasteiger partial charge in [-0.05, 0) is 18.6 Å². The van der Waals surface area contributed by atoms with Crippen molar-refractivity contribution < 1.29 is 19.7 Å². The van der Waals surface area contributed by atoms with Crippen LogP contribution in [0.15, 0.2) is 18.2 Å². The first-order valence-electron chi connectivity index (χ1n) is 6.07. The zero-order valence-electron chi connectivity index (χ0n) is 11.0. The SMILES string of the molecule is CCC(CO)(CO)NC(=O)COc1cc(Cl)ccc1Cl. The van der Waals surface area contributed by atoms with E-state index in [-0.39, 0.29) is 19.8 Å². The monoisotopic (exact) mass is 321 g/mol. The molecule has 3 N–H and O–H groups in total. The number of hydrogen-bond acceptors (Lipinski definition) is 4. The van der Waals surface area contributed by atoms with Gasteiger partial charge in [0.2, 0.25) is 0 Å². The summed E-state index contributed by atoms with van der Waals surface area (Å²) < 4.78 is 5.27. The van der Waals surface area contributed by atoms with Crippen molar-refractivity contribution in [3.05, 3.63) is 28.2 Å². The molecule has 0 aliphatic carbocycles. The Hall–Kier alpha value is -1.01. The van der Waals surface area contributed by atoms with Crippen molar-refractivity contribution in [1.29, 1.82) is 0 Å². The van der Waals surface area contributed by atoms with Gasteiger partial charge in [-0.2, -0.15) is 0 Å². The van der Waals surface area contributed by atoms with Crippen molar-refractivity contribution in [1.82, 2.24) is 5.32 Å². The zero-order chi connectivity index (χ0) is 15.2. The highest BCUT2D eigenvalue weighted by Crippen LogP contribution is 2.27. The van der Waals surface area contributed by atoms with Crippen LogP contribution < -0.4 is 10.1 Å². The standard InChI is InChI=1S/C13H17Cl2NO4/c1-2-13(7-17,8-18)16-12(19)6-20-11-5-9(14)3-4-10(11)15/h3-5,17-18H,2,6-8H2,1H3,(H,16,19). The summed E-state index contributed by atoms with van der Waals surface area (Å²) in [5.74, 6) is -0.171. The molecule has 1 aromatic rings. The Morgan fingerprint density at radius 2 is 2.00 bits per heavy atom. The van der Waals surface area contributed by atoms with Crippen LogP contribution >= 0.6 is 23.2 Å². The molecule has 5 nitrogen and oxygen atoms in total. The molecule has 0 bridgehead atoms. The fourth-order valence-electron chi connectivity index (χ4n) is 1.50. The van der Waals surface area contributed by atoms with Gasteiger partial charge in [0.05, 0.1) is 23.8 Å². The molecule has 0 atom stereocenters. The summed E-state index contributed by atoms with van der Waals surface area (Å²) in [5, 5.41) is 21.8. The van der Waals surface area contributed by atoms with Gasteiger partial charge in [-0.3, -0.25) is 4.79 Å². The average Bonchev–Trinajstić information content (AvgIpc) is 2.46. The van der Waals surface area contributed by atoms with E-state index in [1.165, 1.54) is 6.07 Å². The van der Waals surface area contributed by atoms with Gasteiger partial charge in [0, 0.05) is 11.1 Å². The number of carbonyl (C=O) groups excluding carboxylic acids is 1. The van der Waals surface area contributed by atoms with Crippen molar-refractivity contribution in [3.63, 3.8) is 0 Å². The van der Waals surface area contributed by atoms with E-state index in [1.54, 1.807) is 19.1 Å². The van der Waals surface area contributed by atoms with E-state index in [0.717, 1.165) is 0 Å². The molecular weight excluding hydrogens is 305 g/mol. The van der Waals surface area contributed by atoms with Crippen molar-refractivity contribution >= 4 is 29.1 Å². The summed E-state index contributed by atoms with van der Waals surface area (Å²) in [7, 11) is 0. The molecule has 0 aliphatic heterocycles. The lowest BCUT2D eigenvalue weighted by molar-refractivity contribution is -0.126. The van der Waals surface area contributed by atoms with E-state index in [9.17, 15) is 15.0 Å². The van der Waals surface area contributed by atoms with Crippen LogP contribution in [-0.4, -0.2) is 41.5 Å². The van der Waals surface area contributed by atoms with E-state index < -0.39 is 11.4 Å². The molecule has 0 aliphatic rings. The highest BCUT2D eigenvalue weighted by Gasteiger charge is 2.28. The summed E-state index contributed by atoms with van der Waals surface area (Å²) in [6.07, 6.45) is 0.393. The first-order chi connectivity index (χ1) is 9.46. The number of hydrogen-bond donors (Lipinski definition) is 3. The zero-order valence-corrected chi connectivity index (χ0v) is 12.5. The predicted octanol–water partition coefficient (Wildman–Crippen LogP) is 1.62. The number of aliphatic hydroxyl groups excluding tert-OH is 2. The van der Waals surface area contributed by atoms with Crippen molar-refractivity contribution in [2.24, 2.45) is 0 Å². The molecule has 0 aromatic heterocycles. The Bertz CT molecular complexity index is 455. The van der Waals surface area contributed by atoms with Crippen LogP contribution in [0.1, 0.15) is 13.3 Å². The van der Waals surface area contributed by atoms with Gasteiger partial charge < -0.3 is 20.3 Å². The van der Waals surface area contributed by atoms with Gasteiger partial charge in [0.15, 0.2) is 6.61 Å². The Kier molecular flexibility index (Phi) is 6.55. The Morgan fingerprint density at radius 1 is 1.35 bits per heavy atom. The largest absolute Gasteiger partial charge is 0.482 e. The van der Waals surface area contributed by atoms with Crippen LogP contribution in [-0.2, 0) is 4.79 Å². The topological polar surface area (TPSA) is 78.8 Å². The van der Waals surface area contributed by atoms with Crippen molar-refractivity contribution in [2.45, 2.75) is 18.9 Å². The third kappa shape index (κ3) is 4.52. The Labute approximate surface area is 127 Å². The summed E-state index contributed by atoms with van der Waals surface area (Å²) >= 11 is 11.7. The van der Waals surface area contributed by atoms with Crippen LogP contribution in [0.4, 0.5) is 0 Å². The number of carbonyl (C=O) groups is 1. The predicted molar refractivity (Wildman–Crippen MR) is 77.3 cm³/mol. The third-order valence-electron chi connectivity index (χ3n) is 2.94.